The Morgan fingerprint density at radius 2 is 1.89 bits per heavy atom. The van der Waals surface area contributed by atoms with Crippen molar-refractivity contribution in [3.63, 3.8) is 0 Å². The largest absolute Gasteiger partial charge is 0.491 e. The standard InChI is InChI=1S/C15H26N2OS/c1-5-17(6-2)7-8-19-15-10-13(16)9-14(11-15)18-12(3)4/h9-12H,5-8,16H2,1-4H3. The molecule has 0 amide bonds. The van der Waals surface area contributed by atoms with Gasteiger partial charge >= 0.3 is 0 Å². The van der Waals surface area contributed by atoms with Gasteiger partial charge in [-0.25, -0.2) is 0 Å². The Morgan fingerprint density at radius 1 is 1.21 bits per heavy atom. The number of nitrogen functional groups attached to an aromatic ring is 1. The summed E-state index contributed by atoms with van der Waals surface area (Å²) in [6.45, 7) is 11.8. The van der Waals surface area contributed by atoms with E-state index in [-0.39, 0.29) is 6.10 Å². The lowest BCUT2D eigenvalue weighted by atomic mass is 10.3. The fourth-order valence-electron chi connectivity index (χ4n) is 1.85. The SMILES string of the molecule is CCN(CC)CCSc1cc(N)cc(OC(C)C)c1. The highest BCUT2D eigenvalue weighted by Crippen LogP contribution is 2.27. The van der Waals surface area contributed by atoms with Crippen LogP contribution in [0, 0.1) is 0 Å². The fraction of sp³-hybridized carbons (Fsp3) is 0.600. The maximum Gasteiger partial charge on any atom is 0.122 e. The van der Waals surface area contributed by atoms with E-state index in [0.717, 1.165) is 36.8 Å². The molecule has 108 valence electrons. The van der Waals surface area contributed by atoms with Gasteiger partial charge in [-0.2, -0.15) is 0 Å². The zero-order chi connectivity index (χ0) is 14.3. The van der Waals surface area contributed by atoms with Crippen LogP contribution in [0.2, 0.25) is 0 Å². The quantitative estimate of drug-likeness (QED) is 0.585. The molecule has 0 aliphatic rings. The lowest BCUT2D eigenvalue weighted by Gasteiger charge is -2.17. The highest BCUT2D eigenvalue weighted by atomic mass is 32.2. The number of hydrogen-bond donors (Lipinski definition) is 1. The molecule has 0 saturated carbocycles. The number of nitrogens with two attached hydrogens (primary N) is 1. The smallest absolute Gasteiger partial charge is 0.122 e. The van der Waals surface area contributed by atoms with Gasteiger partial charge in [0.25, 0.3) is 0 Å². The summed E-state index contributed by atoms with van der Waals surface area (Å²) < 4.78 is 5.70. The molecule has 0 spiro atoms. The van der Waals surface area contributed by atoms with Crippen molar-refractivity contribution < 1.29 is 4.74 Å². The molecule has 0 fully saturated rings. The van der Waals surface area contributed by atoms with E-state index in [1.54, 1.807) is 0 Å². The van der Waals surface area contributed by atoms with Crippen molar-refractivity contribution in [1.29, 1.82) is 0 Å². The van der Waals surface area contributed by atoms with Crippen LogP contribution in [-0.4, -0.2) is 36.4 Å². The van der Waals surface area contributed by atoms with Crippen molar-refractivity contribution in [1.82, 2.24) is 4.90 Å². The molecule has 1 aromatic rings. The van der Waals surface area contributed by atoms with Gasteiger partial charge in [0, 0.05) is 28.9 Å². The van der Waals surface area contributed by atoms with E-state index in [0.29, 0.717) is 0 Å². The Labute approximate surface area is 121 Å². The lowest BCUT2D eigenvalue weighted by Crippen LogP contribution is -2.25. The van der Waals surface area contributed by atoms with Crippen molar-refractivity contribution in [2.45, 2.75) is 38.7 Å². The molecule has 4 heteroatoms. The third-order valence-electron chi connectivity index (χ3n) is 2.84. The number of benzene rings is 1. The Morgan fingerprint density at radius 3 is 2.47 bits per heavy atom. The van der Waals surface area contributed by atoms with Gasteiger partial charge in [-0.3, -0.25) is 0 Å². The summed E-state index contributed by atoms with van der Waals surface area (Å²) in [4.78, 5) is 3.60. The van der Waals surface area contributed by atoms with Crippen molar-refractivity contribution >= 4 is 17.4 Å². The van der Waals surface area contributed by atoms with E-state index in [1.165, 1.54) is 4.90 Å². The van der Waals surface area contributed by atoms with Crippen molar-refractivity contribution in [2.75, 3.05) is 31.1 Å². The minimum atomic E-state index is 0.176. The average Bonchev–Trinajstić information content (AvgIpc) is 2.33. The maximum absolute atomic E-state index is 5.92. The zero-order valence-electron chi connectivity index (χ0n) is 12.5. The second-order valence-electron chi connectivity index (χ2n) is 4.78. The van der Waals surface area contributed by atoms with E-state index >= 15 is 0 Å². The van der Waals surface area contributed by atoms with Gasteiger partial charge in [0.05, 0.1) is 6.10 Å². The predicted octanol–water partition coefficient (Wildman–Crippen LogP) is 3.49. The molecule has 0 radical (unpaired) electrons. The van der Waals surface area contributed by atoms with Crippen LogP contribution in [0.25, 0.3) is 0 Å². The van der Waals surface area contributed by atoms with Gasteiger partial charge in [-0.1, -0.05) is 13.8 Å². The molecular formula is C15H26N2OS. The minimum absolute atomic E-state index is 0.176. The highest BCUT2D eigenvalue weighted by Gasteiger charge is 2.04. The molecule has 1 rings (SSSR count). The van der Waals surface area contributed by atoms with Crippen molar-refractivity contribution in [3.8, 4) is 5.75 Å². The van der Waals surface area contributed by atoms with Gasteiger partial charge in [-0.15, -0.1) is 11.8 Å². The summed E-state index contributed by atoms with van der Waals surface area (Å²) >= 11 is 1.83. The van der Waals surface area contributed by atoms with Gasteiger partial charge in [-0.05, 0) is 39.1 Å². The molecule has 0 aliphatic carbocycles. The predicted molar refractivity (Wildman–Crippen MR) is 85.1 cm³/mol. The van der Waals surface area contributed by atoms with Crippen molar-refractivity contribution in [2.24, 2.45) is 0 Å². The van der Waals surface area contributed by atoms with E-state index < -0.39 is 0 Å². The summed E-state index contributed by atoms with van der Waals surface area (Å²) in [5, 5.41) is 0. The Kier molecular flexibility index (Phi) is 7.10. The molecule has 0 unspecified atom stereocenters. The Balaban J connectivity index is 2.55. The fourth-order valence-corrected chi connectivity index (χ4v) is 2.85. The minimum Gasteiger partial charge on any atom is -0.491 e. The molecule has 2 N–H and O–H groups in total. The van der Waals surface area contributed by atoms with E-state index in [2.05, 4.69) is 24.8 Å². The molecule has 0 aliphatic heterocycles. The first-order chi connectivity index (χ1) is 9.05. The normalized spacial score (nSPS) is 11.3. The zero-order valence-corrected chi connectivity index (χ0v) is 13.3. The maximum atomic E-state index is 5.92. The molecular weight excluding hydrogens is 256 g/mol. The first-order valence-corrected chi connectivity index (χ1v) is 7.96. The molecule has 0 saturated heterocycles. The highest BCUT2D eigenvalue weighted by molar-refractivity contribution is 7.99. The number of thioether (sulfide) groups is 1. The van der Waals surface area contributed by atoms with Crippen LogP contribution in [0.1, 0.15) is 27.7 Å². The summed E-state index contributed by atoms with van der Waals surface area (Å²) in [7, 11) is 0. The molecule has 0 heterocycles. The first kappa shape index (κ1) is 16.2. The lowest BCUT2D eigenvalue weighted by molar-refractivity contribution is 0.242. The van der Waals surface area contributed by atoms with Crippen LogP contribution in [0.3, 0.4) is 0 Å². The summed E-state index contributed by atoms with van der Waals surface area (Å²) in [6.07, 6.45) is 0.176. The summed E-state index contributed by atoms with van der Waals surface area (Å²) in [5.74, 6) is 1.94. The van der Waals surface area contributed by atoms with Crippen LogP contribution in [0.4, 0.5) is 5.69 Å². The van der Waals surface area contributed by atoms with E-state index in [9.17, 15) is 0 Å². The van der Waals surface area contributed by atoms with Gasteiger partial charge in [0.2, 0.25) is 0 Å². The number of nitrogens with zero attached hydrogens (tertiary/aromatic N) is 1. The molecule has 0 bridgehead atoms. The van der Waals surface area contributed by atoms with Crippen LogP contribution in [0.5, 0.6) is 5.75 Å². The topological polar surface area (TPSA) is 38.5 Å². The number of hydrogen-bond acceptors (Lipinski definition) is 4. The molecule has 19 heavy (non-hydrogen) atoms. The Bertz CT molecular complexity index is 378. The number of anilines is 1. The summed E-state index contributed by atoms with van der Waals surface area (Å²) in [5.41, 5.74) is 6.68. The van der Waals surface area contributed by atoms with Crippen molar-refractivity contribution in [3.05, 3.63) is 18.2 Å². The Hall–Kier alpha value is -0.870. The molecule has 0 aromatic heterocycles. The molecule has 1 aromatic carbocycles. The second-order valence-corrected chi connectivity index (χ2v) is 5.95. The third-order valence-corrected chi connectivity index (χ3v) is 3.80. The second kappa shape index (κ2) is 8.33. The van der Waals surface area contributed by atoms with E-state index in [4.69, 9.17) is 10.5 Å². The van der Waals surface area contributed by atoms with Crippen LogP contribution in [0.15, 0.2) is 23.1 Å². The summed E-state index contributed by atoms with van der Waals surface area (Å²) in [6, 6.07) is 5.97. The van der Waals surface area contributed by atoms with Crippen LogP contribution < -0.4 is 10.5 Å². The number of rotatable bonds is 8. The van der Waals surface area contributed by atoms with Crippen LogP contribution in [-0.2, 0) is 0 Å². The van der Waals surface area contributed by atoms with Gasteiger partial charge < -0.3 is 15.4 Å². The molecule has 3 nitrogen and oxygen atoms in total. The first-order valence-electron chi connectivity index (χ1n) is 6.97. The molecule has 0 atom stereocenters. The third kappa shape index (κ3) is 6.21. The number of ether oxygens (including phenoxy) is 1. The van der Waals surface area contributed by atoms with E-state index in [1.807, 2.05) is 37.7 Å². The van der Waals surface area contributed by atoms with Gasteiger partial charge in [0.15, 0.2) is 0 Å². The monoisotopic (exact) mass is 282 g/mol. The van der Waals surface area contributed by atoms with Crippen LogP contribution >= 0.6 is 11.8 Å². The van der Waals surface area contributed by atoms with Gasteiger partial charge in [0.1, 0.15) is 5.75 Å². The average molecular weight is 282 g/mol.